The SMILES string of the molecule is CCCCC/C=C\C/C=C\CCCCCCCCOC[C@@H](CN1CCCCC1)OCCOCCO[C@H]1CC[C@@]2(C)C(=CCC3C2CC[C@@]2(C)C3CC[C@@H]2[C@H](C)CCCC(C)C)C1. The first-order valence-corrected chi connectivity index (χ1v) is 27.3. The van der Waals surface area contributed by atoms with Gasteiger partial charge in [-0.15, -0.1) is 0 Å². The minimum Gasteiger partial charge on any atom is -0.379 e. The van der Waals surface area contributed by atoms with E-state index in [0.717, 1.165) is 67.9 Å². The molecule has 3 unspecified atom stereocenters. The van der Waals surface area contributed by atoms with E-state index in [1.54, 1.807) is 5.57 Å². The van der Waals surface area contributed by atoms with Crippen LogP contribution in [0.2, 0.25) is 0 Å². The van der Waals surface area contributed by atoms with Crippen molar-refractivity contribution >= 4 is 0 Å². The highest BCUT2D eigenvalue weighted by Gasteiger charge is 2.59. The van der Waals surface area contributed by atoms with Gasteiger partial charge in [-0.1, -0.05) is 142 Å². The molecule has 1 aliphatic heterocycles. The Morgan fingerprint density at radius 3 is 2.23 bits per heavy atom. The summed E-state index contributed by atoms with van der Waals surface area (Å²) in [6, 6.07) is 0. The van der Waals surface area contributed by atoms with Gasteiger partial charge in [0.05, 0.1) is 45.2 Å². The molecular formula is C57H101NO4. The maximum atomic E-state index is 6.52. The molecule has 0 aromatic rings. The zero-order valence-electron chi connectivity index (χ0n) is 41.8. The number of unbranched alkanes of at least 4 members (excludes halogenated alkanes) is 9. The first kappa shape index (κ1) is 52.0. The summed E-state index contributed by atoms with van der Waals surface area (Å²) in [4.78, 5) is 2.58. The molecule has 0 radical (unpaired) electrons. The van der Waals surface area contributed by atoms with Crippen molar-refractivity contribution in [3.63, 3.8) is 0 Å². The summed E-state index contributed by atoms with van der Waals surface area (Å²) in [6.07, 6.45) is 46.9. The zero-order valence-corrected chi connectivity index (χ0v) is 41.8. The van der Waals surface area contributed by atoms with Crippen molar-refractivity contribution in [2.24, 2.45) is 46.3 Å². The predicted molar refractivity (Wildman–Crippen MR) is 264 cm³/mol. The van der Waals surface area contributed by atoms with E-state index in [4.69, 9.17) is 18.9 Å². The average molecular weight is 864 g/mol. The molecule has 1 saturated heterocycles. The Balaban J connectivity index is 0.912. The van der Waals surface area contributed by atoms with E-state index in [2.05, 4.69) is 76.8 Å². The van der Waals surface area contributed by atoms with E-state index < -0.39 is 0 Å². The molecule has 5 heteroatoms. The van der Waals surface area contributed by atoms with Gasteiger partial charge in [0.15, 0.2) is 0 Å². The fourth-order valence-corrected chi connectivity index (χ4v) is 13.4. The summed E-state index contributed by atoms with van der Waals surface area (Å²) in [6.45, 7) is 22.5. The Bertz CT molecular complexity index is 1270. The molecule has 4 fully saturated rings. The van der Waals surface area contributed by atoms with Crippen LogP contribution in [0.25, 0.3) is 0 Å². The van der Waals surface area contributed by atoms with Crippen molar-refractivity contribution in [2.75, 3.05) is 59.3 Å². The fourth-order valence-electron chi connectivity index (χ4n) is 13.4. The third kappa shape index (κ3) is 16.7. The Labute approximate surface area is 384 Å². The lowest BCUT2D eigenvalue weighted by Crippen LogP contribution is -2.51. The van der Waals surface area contributed by atoms with E-state index in [-0.39, 0.29) is 6.10 Å². The highest BCUT2D eigenvalue weighted by Crippen LogP contribution is 2.67. The molecule has 5 rings (SSSR count). The number of ether oxygens (including phenoxy) is 4. The minimum atomic E-state index is 0.119. The third-order valence-corrected chi connectivity index (χ3v) is 17.1. The summed E-state index contributed by atoms with van der Waals surface area (Å²) in [7, 11) is 0. The summed E-state index contributed by atoms with van der Waals surface area (Å²) >= 11 is 0. The highest BCUT2D eigenvalue weighted by atomic mass is 16.6. The largest absolute Gasteiger partial charge is 0.379 e. The molecule has 0 aromatic heterocycles. The zero-order chi connectivity index (χ0) is 43.9. The van der Waals surface area contributed by atoms with Crippen LogP contribution in [0.4, 0.5) is 0 Å². The van der Waals surface area contributed by atoms with Crippen LogP contribution < -0.4 is 0 Å². The molecule has 9 atom stereocenters. The van der Waals surface area contributed by atoms with Crippen LogP contribution in [0, 0.1) is 46.3 Å². The molecule has 62 heavy (non-hydrogen) atoms. The number of rotatable bonds is 32. The number of hydrogen-bond donors (Lipinski definition) is 0. The van der Waals surface area contributed by atoms with Gasteiger partial charge in [-0.2, -0.15) is 0 Å². The van der Waals surface area contributed by atoms with Crippen molar-refractivity contribution < 1.29 is 18.9 Å². The molecule has 5 aliphatic rings. The van der Waals surface area contributed by atoms with Gasteiger partial charge in [-0.25, -0.2) is 0 Å². The van der Waals surface area contributed by atoms with Gasteiger partial charge in [0.25, 0.3) is 0 Å². The van der Waals surface area contributed by atoms with Crippen molar-refractivity contribution in [1.82, 2.24) is 4.90 Å². The second kappa shape index (κ2) is 28.9. The molecule has 0 amide bonds. The van der Waals surface area contributed by atoms with Crippen LogP contribution in [-0.4, -0.2) is 76.4 Å². The van der Waals surface area contributed by atoms with Gasteiger partial charge in [0.1, 0.15) is 0 Å². The second-order valence-corrected chi connectivity index (χ2v) is 22.2. The highest BCUT2D eigenvalue weighted by molar-refractivity contribution is 5.25. The van der Waals surface area contributed by atoms with Crippen LogP contribution in [0.5, 0.6) is 0 Å². The smallest absolute Gasteiger partial charge is 0.0936 e. The van der Waals surface area contributed by atoms with Gasteiger partial charge >= 0.3 is 0 Å². The Morgan fingerprint density at radius 2 is 1.45 bits per heavy atom. The molecule has 0 aromatic carbocycles. The van der Waals surface area contributed by atoms with Crippen molar-refractivity contribution in [2.45, 2.75) is 221 Å². The molecular weight excluding hydrogens is 763 g/mol. The molecule has 3 saturated carbocycles. The van der Waals surface area contributed by atoms with Crippen molar-refractivity contribution in [3.8, 4) is 0 Å². The predicted octanol–water partition coefficient (Wildman–Crippen LogP) is 15.1. The number of allylic oxidation sites excluding steroid dienone is 5. The van der Waals surface area contributed by atoms with E-state index in [0.29, 0.717) is 50.0 Å². The van der Waals surface area contributed by atoms with Crippen LogP contribution in [-0.2, 0) is 18.9 Å². The monoisotopic (exact) mass is 864 g/mol. The number of likely N-dealkylation sites (tertiary alicyclic amines) is 1. The maximum Gasteiger partial charge on any atom is 0.0936 e. The Kier molecular flexibility index (Phi) is 24.3. The number of fused-ring (bicyclic) bond motifs is 5. The van der Waals surface area contributed by atoms with Crippen molar-refractivity contribution in [1.29, 1.82) is 0 Å². The van der Waals surface area contributed by atoms with Gasteiger partial charge in [-0.3, -0.25) is 0 Å². The molecule has 0 bridgehead atoms. The quantitative estimate of drug-likeness (QED) is 0.0498. The van der Waals surface area contributed by atoms with Crippen LogP contribution in [0.15, 0.2) is 36.0 Å². The fraction of sp³-hybridized carbons (Fsp3) is 0.895. The van der Waals surface area contributed by atoms with E-state index >= 15 is 0 Å². The minimum absolute atomic E-state index is 0.119. The summed E-state index contributed by atoms with van der Waals surface area (Å²) in [5, 5.41) is 0. The number of piperidine rings is 1. The van der Waals surface area contributed by atoms with Gasteiger partial charge in [0, 0.05) is 13.2 Å². The Hall–Kier alpha value is -0.980. The van der Waals surface area contributed by atoms with Crippen LogP contribution in [0.1, 0.15) is 208 Å². The normalized spacial score (nSPS) is 30.2. The molecule has 0 N–H and O–H groups in total. The lowest BCUT2D eigenvalue weighted by atomic mass is 9.47. The standard InChI is InChI=1S/C57H101NO4/c1-7-8-9-10-11-12-13-14-15-16-17-18-19-20-21-25-39-60-46-51(45-58-37-23-22-24-38-58)62-43-41-59-40-42-61-50-33-35-56(5)49(44-50)29-30-52-54-32-31-53(48(4)28-26-27-47(2)3)57(54,6)36-34-55(52)56/h11-12,14-15,29,47-48,50-55H,7-10,13,16-28,30-46H2,1-6H3/b12-11-,15-14-/t48-,50+,51-,52?,53-,54?,55?,56+,57-/m1/s1. The van der Waals surface area contributed by atoms with Gasteiger partial charge in [-0.05, 0) is 162 Å². The van der Waals surface area contributed by atoms with Crippen molar-refractivity contribution in [3.05, 3.63) is 36.0 Å². The summed E-state index contributed by atoms with van der Waals surface area (Å²) < 4.78 is 25.2. The number of nitrogens with zero attached hydrogens (tertiary/aromatic N) is 1. The lowest BCUT2D eigenvalue weighted by Gasteiger charge is -2.58. The van der Waals surface area contributed by atoms with Crippen LogP contribution in [0.3, 0.4) is 0 Å². The third-order valence-electron chi connectivity index (χ3n) is 17.1. The molecule has 5 nitrogen and oxygen atoms in total. The molecule has 4 aliphatic carbocycles. The van der Waals surface area contributed by atoms with Gasteiger partial charge in [0.2, 0.25) is 0 Å². The second-order valence-electron chi connectivity index (χ2n) is 22.2. The first-order valence-electron chi connectivity index (χ1n) is 27.3. The molecule has 0 spiro atoms. The van der Waals surface area contributed by atoms with E-state index in [1.165, 1.54) is 161 Å². The first-order chi connectivity index (χ1) is 30.2. The lowest BCUT2D eigenvalue weighted by molar-refractivity contribution is -0.0737. The van der Waals surface area contributed by atoms with Gasteiger partial charge < -0.3 is 23.8 Å². The van der Waals surface area contributed by atoms with E-state index in [1.807, 2.05) is 0 Å². The van der Waals surface area contributed by atoms with E-state index in [9.17, 15) is 0 Å². The summed E-state index contributed by atoms with van der Waals surface area (Å²) in [5.41, 5.74) is 2.68. The van der Waals surface area contributed by atoms with Crippen LogP contribution >= 0.6 is 0 Å². The number of hydrogen-bond acceptors (Lipinski definition) is 5. The summed E-state index contributed by atoms with van der Waals surface area (Å²) in [5.74, 6) is 5.37. The molecule has 1 heterocycles. The topological polar surface area (TPSA) is 40.2 Å². The maximum absolute atomic E-state index is 6.52. The molecule has 358 valence electrons. The average Bonchev–Trinajstić information content (AvgIpc) is 3.63. The Morgan fingerprint density at radius 1 is 0.710 bits per heavy atom.